The number of H-pyrrole nitrogens is 1. The third-order valence-corrected chi connectivity index (χ3v) is 3.56. The van der Waals surface area contributed by atoms with Gasteiger partial charge in [-0.2, -0.15) is 5.10 Å². The van der Waals surface area contributed by atoms with Crippen molar-refractivity contribution in [3.8, 4) is 0 Å². The fraction of sp³-hybridized carbons (Fsp3) is 0.667. The van der Waals surface area contributed by atoms with Crippen molar-refractivity contribution < 1.29 is 4.79 Å². The van der Waals surface area contributed by atoms with Gasteiger partial charge in [-0.05, 0) is 26.7 Å². The Morgan fingerprint density at radius 2 is 2.18 bits per heavy atom. The maximum atomic E-state index is 12.4. The molecule has 5 nitrogen and oxygen atoms in total. The van der Waals surface area contributed by atoms with E-state index in [1.165, 1.54) is 12.8 Å². The van der Waals surface area contributed by atoms with Crippen molar-refractivity contribution in [1.82, 2.24) is 15.1 Å². The molecule has 3 N–H and O–H groups in total. The highest BCUT2D eigenvalue weighted by atomic mass is 16.2. The van der Waals surface area contributed by atoms with Crippen LogP contribution in [0.4, 0.5) is 5.69 Å². The van der Waals surface area contributed by atoms with E-state index in [0.717, 1.165) is 25.1 Å². The van der Waals surface area contributed by atoms with E-state index in [4.69, 9.17) is 5.73 Å². The minimum atomic E-state index is -0.0405. The van der Waals surface area contributed by atoms with Crippen molar-refractivity contribution in [2.45, 2.75) is 45.6 Å². The SMILES string of the molecule is CCN(C(=O)c1n[nH]c(C)c1N)C1CCCC1. The molecule has 0 spiro atoms. The summed E-state index contributed by atoms with van der Waals surface area (Å²) >= 11 is 0. The Kier molecular flexibility index (Phi) is 3.36. The summed E-state index contributed by atoms with van der Waals surface area (Å²) in [6, 6.07) is 0.365. The lowest BCUT2D eigenvalue weighted by Crippen LogP contribution is -2.39. The second-order valence-electron chi connectivity index (χ2n) is 4.64. The number of anilines is 1. The lowest BCUT2D eigenvalue weighted by molar-refractivity contribution is 0.0688. The largest absolute Gasteiger partial charge is 0.395 e. The number of aromatic nitrogens is 2. The first-order chi connectivity index (χ1) is 8.15. The molecule has 1 aliphatic carbocycles. The fourth-order valence-electron chi connectivity index (χ4n) is 2.52. The Hall–Kier alpha value is -1.52. The molecule has 0 aromatic carbocycles. The van der Waals surface area contributed by atoms with Crippen molar-refractivity contribution >= 4 is 11.6 Å². The average molecular weight is 236 g/mol. The number of nitrogens with one attached hydrogen (secondary N) is 1. The molecule has 1 aliphatic rings. The Morgan fingerprint density at radius 1 is 1.53 bits per heavy atom. The van der Waals surface area contributed by atoms with Crippen LogP contribution in [0, 0.1) is 6.92 Å². The summed E-state index contributed by atoms with van der Waals surface area (Å²) < 4.78 is 0. The van der Waals surface area contributed by atoms with Crippen LogP contribution in [0.3, 0.4) is 0 Å². The van der Waals surface area contributed by atoms with Crippen molar-refractivity contribution in [2.75, 3.05) is 12.3 Å². The van der Waals surface area contributed by atoms with Crippen LogP contribution in [0.5, 0.6) is 0 Å². The van der Waals surface area contributed by atoms with Gasteiger partial charge in [0.05, 0.1) is 11.4 Å². The molecule has 0 radical (unpaired) electrons. The van der Waals surface area contributed by atoms with Gasteiger partial charge < -0.3 is 10.6 Å². The number of carbonyl (C=O) groups excluding carboxylic acids is 1. The maximum Gasteiger partial charge on any atom is 0.276 e. The number of nitrogens with zero attached hydrogens (tertiary/aromatic N) is 2. The number of aromatic amines is 1. The number of hydrogen-bond donors (Lipinski definition) is 2. The highest BCUT2D eigenvalue weighted by Gasteiger charge is 2.28. The molecule has 2 rings (SSSR count). The van der Waals surface area contributed by atoms with Crippen LogP contribution in [0.15, 0.2) is 0 Å². The van der Waals surface area contributed by atoms with Crippen LogP contribution in [0.25, 0.3) is 0 Å². The Bertz CT molecular complexity index is 407. The first kappa shape index (κ1) is 12.0. The monoisotopic (exact) mass is 236 g/mol. The lowest BCUT2D eigenvalue weighted by Gasteiger charge is -2.27. The van der Waals surface area contributed by atoms with Gasteiger partial charge in [0.25, 0.3) is 5.91 Å². The topological polar surface area (TPSA) is 75.0 Å². The molecule has 0 atom stereocenters. The Morgan fingerprint density at radius 3 is 2.65 bits per heavy atom. The molecule has 17 heavy (non-hydrogen) atoms. The molecule has 1 amide bonds. The third kappa shape index (κ3) is 2.14. The van der Waals surface area contributed by atoms with Gasteiger partial charge in [-0.1, -0.05) is 12.8 Å². The highest BCUT2D eigenvalue weighted by molar-refractivity contribution is 5.97. The predicted octanol–water partition coefficient (Wildman–Crippen LogP) is 1.71. The Labute approximate surface area is 101 Å². The van der Waals surface area contributed by atoms with Gasteiger partial charge in [0.1, 0.15) is 0 Å². The molecule has 0 aliphatic heterocycles. The quantitative estimate of drug-likeness (QED) is 0.838. The molecule has 0 unspecified atom stereocenters. The molecular weight excluding hydrogens is 216 g/mol. The van der Waals surface area contributed by atoms with Crippen LogP contribution in [-0.2, 0) is 0 Å². The summed E-state index contributed by atoms with van der Waals surface area (Å²) in [6.07, 6.45) is 4.62. The number of nitrogens with two attached hydrogens (primary N) is 1. The average Bonchev–Trinajstić information content (AvgIpc) is 2.92. The first-order valence-electron chi connectivity index (χ1n) is 6.26. The minimum Gasteiger partial charge on any atom is -0.395 e. The maximum absolute atomic E-state index is 12.4. The normalized spacial score (nSPS) is 16.4. The second-order valence-corrected chi connectivity index (χ2v) is 4.64. The van der Waals surface area contributed by atoms with Gasteiger partial charge in [0.15, 0.2) is 5.69 Å². The third-order valence-electron chi connectivity index (χ3n) is 3.56. The summed E-state index contributed by atoms with van der Waals surface area (Å²) in [5.74, 6) is -0.0405. The van der Waals surface area contributed by atoms with Gasteiger partial charge in [-0.15, -0.1) is 0 Å². The number of amides is 1. The van der Waals surface area contributed by atoms with Crippen molar-refractivity contribution in [3.05, 3.63) is 11.4 Å². The first-order valence-corrected chi connectivity index (χ1v) is 6.26. The van der Waals surface area contributed by atoms with Crippen LogP contribution < -0.4 is 5.73 Å². The van der Waals surface area contributed by atoms with E-state index in [-0.39, 0.29) is 5.91 Å². The van der Waals surface area contributed by atoms with E-state index in [9.17, 15) is 4.79 Å². The van der Waals surface area contributed by atoms with Gasteiger partial charge >= 0.3 is 0 Å². The summed E-state index contributed by atoms with van der Waals surface area (Å²) in [5, 5.41) is 6.78. The van der Waals surface area contributed by atoms with E-state index in [1.54, 1.807) is 0 Å². The van der Waals surface area contributed by atoms with Gasteiger partial charge in [0.2, 0.25) is 0 Å². The molecule has 1 aromatic rings. The molecule has 0 bridgehead atoms. The van der Waals surface area contributed by atoms with Crippen LogP contribution in [0.1, 0.15) is 48.8 Å². The van der Waals surface area contributed by atoms with Gasteiger partial charge in [-0.25, -0.2) is 0 Å². The standard InChI is InChI=1S/C12H20N4O/c1-3-16(9-6-4-5-7-9)12(17)11-10(13)8(2)14-15-11/h9H,3-7,13H2,1-2H3,(H,14,15). The van der Waals surface area contributed by atoms with E-state index < -0.39 is 0 Å². The lowest BCUT2D eigenvalue weighted by atomic mass is 10.2. The predicted molar refractivity (Wildman–Crippen MR) is 66.7 cm³/mol. The fourth-order valence-corrected chi connectivity index (χ4v) is 2.52. The molecule has 1 fully saturated rings. The van der Waals surface area contributed by atoms with E-state index in [0.29, 0.717) is 17.4 Å². The van der Waals surface area contributed by atoms with Gasteiger partial charge in [0, 0.05) is 12.6 Å². The molecule has 94 valence electrons. The van der Waals surface area contributed by atoms with Crippen molar-refractivity contribution in [2.24, 2.45) is 0 Å². The zero-order valence-electron chi connectivity index (χ0n) is 10.5. The second kappa shape index (κ2) is 4.77. The van der Waals surface area contributed by atoms with E-state index in [2.05, 4.69) is 10.2 Å². The van der Waals surface area contributed by atoms with Crippen LogP contribution >= 0.6 is 0 Å². The molecular formula is C12H20N4O. The summed E-state index contributed by atoms with van der Waals surface area (Å²) in [5.41, 5.74) is 7.46. The van der Waals surface area contributed by atoms with Gasteiger partial charge in [-0.3, -0.25) is 9.89 Å². The van der Waals surface area contributed by atoms with Crippen LogP contribution in [0.2, 0.25) is 0 Å². The zero-order valence-corrected chi connectivity index (χ0v) is 10.5. The number of nitrogen functional groups attached to an aromatic ring is 1. The minimum absolute atomic E-state index is 0.0405. The summed E-state index contributed by atoms with van der Waals surface area (Å²) in [4.78, 5) is 14.3. The number of aryl methyl sites for hydroxylation is 1. The highest BCUT2D eigenvalue weighted by Crippen LogP contribution is 2.25. The number of rotatable bonds is 3. The van der Waals surface area contributed by atoms with Crippen LogP contribution in [-0.4, -0.2) is 33.6 Å². The molecule has 5 heteroatoms. The zero-order chi connectivity index (χ0) is 12.4. The number of carbonyl (C=O) groups is 1. The summed E-state index contributed by atoms with van der Waals surface area (Å²) in [6.45, 7) is 4.55. The van der Waals surface area contributed by atoms with E-state index >= 15 is 0 Å². The smallest absolute Gasteiger partial charge is 0.276 e. The molecule has 1 saturated carbocycles. The molecule has 1 heterocycles. The molecule has 1 aromatic heterocycles. The van der Waals surface area contributed by atoms with Crippen molar-refractivity contribution in [3.63, 3.8) is 0 Å². The summed E-state index contributed by atoms with van der Waals surface area (Å²) in [7, 11) is 0. The molecule has 0 saturated heterocycles. The number of hydrogen-bond acceptors (Lipinski definition) is 3. The Balaban J connectivity index is 2.19. The van der Waals surface area contributed by atoms with Crippen molar-refractivity contribution in [1.29, 1.82) is 0 Å². The van der Waals surface area contributed by atoms with E-state index in [1.807, 2.05) is 18.7 Å².